The van der Waals surface area contributed by atoms with Crippen LogP contribution in [-0.2, 0) is 19.0 Å². The Balaban J connectivity index is 1.83. The third-order valence-electron chi connectivity index (χ3n) is 9.55. The maximum Gasteiger partial charge on any atom is 0.302 e. The largest absolute Gasteiger partial charge is 0.462 e. The molecule has 2 aliphatic heterocycles. The summed E-state index contributed by atoms with van der Waals surface area (Å²) in [6, 6.07) is 0. The molecule has 0 aromatic carbocycles. The quantitative estimate of drug-likeness (QED) is 0.367. The molecule has 4 N–H and O–H groups in total. The molecule has 0 aromatic heterocycles. The Labute approximate surface area is 182 Å². The molecule has 4 aliphatic carbocycles. The summed E-state index contributed by atoms with van der Waals surface area (Å²) in [5.74, 6) is -4.48. The molecule has 0 amide bonds. The number of ether oxygens (including phenoxy) is 3. The fraction of sp³-hybridized carbons (Fsp3) is 0.870. The van der Waals surface area contributed by atoms with E-state index in [1.165, 1.54) is 14.0 Å². The second-order valence-electron chi connectivity index (χ2n) is 11.1. The Kier molecular flexibility index (Phi) is 4.43. The minimum Gasteiger partial charge on any atom is -0.462 e. The number of methoxy groups -OCH3 is 1. The fourth-order valence-electron chi connectivity index (χ4n) is 8.85. The Morgan fingerprint density at radius 2 is 1.84 bits per heavy atom. The van der Waals surface area contributed by atoms with Crippen LogP contribution < -0.4 is 0 Å². The van der Waals surface area contributed by atoms with Crippen molar-refractivity contribution >= 4 is 5.97 Å². The van der Waals surface area contributed by atoms with Crippen LogP contribution in [-0.4, -0.2) is 70.0 Å². The minimum absolute atomic E-state index is 0.292. The Morgan fingerprint density at radius 1 is 1.16 bits per heavy atom. The van der Waals surface area contributed by atoms with Crippen LogP contribution in [0, 0.1) is 34.0 Å². The van der Waals surface area contributed by atoms with Crippen molar-refractivity contribution < 1.29 is 39.4 Å². The molecule has 0 unspecified atom stereocenters. The first kappa shape index (κ1) is 21.8. The van der Waals surface area contributed by atoms with Gasteiger partial charge in [0.2, 0.25) is 5.79 Å². The number of hydrogen-bond donors (Lipinski definition) is 4. The number of carbonyl (C=O) groups excluding carboxylic acids is 1. The highest BCUT2D eigenvalue weighted by atomic mass is 16.8. The highest BCUT2D eigenvalue weighted by Gasteiger charge is 2.89. The average Bonchev–Trinajstić information content (AvgIpc) is 2.79. The highest BCUT2D eigenvalue weighted by molar-refractivity contribution is 5.66. The van der Waals surface area contributed by atoms with Crippen LogP contribution in [0.25, 0.3) is 0 Å². The van der Waals surface area contributed by atoms with Crippen LogP contribution in [0.3, 0.4) is 0 Å². The molecule has 2 saturated heterocycles. The standard InChI is InChI=1S/C23H34O8/c1-10-12-9-13(30-11(2)24)14-21-8-6-7-20(3,4)15(21)18(27)23(28,31-19(21)29-5)22(14,16(10)25)17(12)26/h12-19,25-28H,1,6-9H2,2-5H3/t12-,13-,14-,15+,16+,17+,18-,19-,21+,22-,23-/m0/s1. The van der Waals surface area contributed by atoms with Crippen molar-refractivity contribution in [1.82, 2.24) is 0 Å². The predicted octanol–water partition coefficient (Wildman–Crippen LogP) is 0.711. The van der Waals surface area contributed by atoms with E-state index >= 15 is 0 Å². The van der Waals surface area contributed by atoms with Crippen molar-refractivity contribution in [3.8, 4) is 0 Å². The second-order valence-corrected chi connectivity index (χ2v) is 11.1. The van der Waals surface area contributed by atoms with Gasteiger partial charge in [-0.05, 0) is 30.3 Å². The number of fused-ring (bicyclic) bond motifs is 2. The van der Waals surface area contributed by atoms with Gasteiger partial charge in [-0.3, -0.25) is 4.79 Å². The molecule has 6 aliphatic rings. The zero-order chi connectivity index (χ0) is 22.7. The van der Waals surface area contributed by atoms with E-state index in [1.54, 1.807) is 0 Å². The smallest absolute Gasteiger partial charge is 0.302 e. The number of carbonyl (C=O) groups is 1. The van der Waals surface area contributed by atoms with Gasteiger partial charge in [0.25, 0.3) is 0 Å². The summed E-state index contributed by atoms with van der Waals surface area (Å²) < 4.78 is 17.7. The van der Waals surface area contributed by atoms with E-state index in [9.17, 15) is 25.2 Å². The lowest BCUT2D eigenvalue weighted by Gasteiger charge is -2.76. The lowest BCUT2D eigenvalue weighted by Crippen LogP contribution is -2.88. The summed E-state index contributed by atoms with van der Waals surface area (Å²) in [7, 11) is 1.49. The normalized spacial score (nSPS) is 56.7. The van der Waals surface area contributed by atoms with Crippen molar-refractivity contribution in [2.75, 3.05) is 7.11 Å². The van der Waals surface area contributed by atoms with Gasteiger partial charge in [0.15, 0.2) is 6.29 Å². The molecule has 4 bridgehead atoms. The molecule has 11 atom stereocenters. The molecule has 6 fully saturated rings. The van der Waals surface area contributed by atoms with Gasteiger partial charge >= 0.3 is 5.97 Å². The Bertz CT molecular complexity index is 826. The molecular weight excluding hydrogens is 404 g/mol. The van der Waals surface area contributed by atoms with Crippen LogP contribution in [0.1, 0.15) is 46.5 Å². The first-order valence-electron chi connectivity index (χ1n) is 11.2. The van der Waals surface area contributed by atoms with E-state index in [0.29, 0.717) is 18.4 Å². The monoisotopic (exact) mass is 438 g/mol. The number of hydrogen-bond acceptors (Lipinski definition) is 8. The molecule has 2 heterocycles. The molecule has 8 nitrogen and oxygen atoms in total. The first-order valence-corrected chi connectivity index (χ1v) is 11.2. The number of aliphatic hydroxyl groups excluding tert-OH is 3. The van der Waals surface area contributed by atoms with Crippen LogP contribution in [0.4, 0.5) is 0 Å². The van der Waals surface area contributed by atoms with Gasteiger partial charge < -0.3 is 34.6 Å². The van der Waals surface area contributed by atoms with Gasteiger partial charge in [-0.2, -0.15) is 0 Å². The van der Waals surface area contributed by atoms with Crippen molar-refractivity contribution in [2.45, 2.75) is 82.9 Å². The molecule has 0 aromatic rings. The first-order chi connectivity index (χ1) is 14.4. The highest BCUT2D eigenvalue weighted by Crippen LogP contribution is 2.79. The van der Waals surface area contributed by atoms with Gasteiger partial charge in [-0.1, -0.05) is 26.8 Å². The second kappa shape index (κ2) is 6.30. The fourth-order valence-corrected chi connectivity index (χ4v) is 8.85. The summed E-state index contributed by atoms with van der Waals surface area (Å²) in [5, 5.41) is 46.7. The molecule has 2 spiro atoms. The maximum absolute atomic E-state index is 12.1. The van der Waals surface area contributed by atoms with E-state index in [4.69, 9.17) is 14.2 Å². The third-order valence-corrected chi connectivity index (χ3v) is 9.55. The van der Waals surface area contributed by atoms with Gasteiger partial charge in [0.05, 0.1) is 17.6 Å². The van der Waals surface area contributed by atoms with Crippen molar-refractivity contribution in [2.24, 2.45) is 34.0 Å². The summed E-state index contributed by atoms with van der Waals surface area (Å²) >= 11 is 0. The SMILES string of the molecule is C=C1[C@@H](O)[C@]23[C@H](O)[C@H]1C[C@H](OC(C)=O)[C@H]2[C@]12CCCC(C)(C)[C@H]1[C@H](O)[C@]3(O)O[C@@H]2OC. The number of aliphatic hydroxyl groups is 4. The van der Waals surface area contributed by atoms with E-state index in [1.807, 2.05) is 0 Å². The summed E-state index contributed by atoms with van der Waals surface area (Å²) in [5.41, 5.74) is -2.55. The summed E-state index contributed by atoms with van der Waals surface area (Å²) in [4.78, 5) is 12.1. The minimum atomic E-state index is -2.30. The summed E-state index contributed by atoms with van der Waals surface area (Å²) in [6.07, 6.45) is -2.92. The van der Waals surface area contributed by atoms with Gasteiger partial charge in [0.1, 0.15) is 12.2 Å². The van der Waals surface area contributed by atoms with Crippen molar-refractivity contribution in [1.29, 1.82) is 0 Å². The van der Waals surface area contributed by atoms with Crippen molar-refractivity contribution in [3.05, 3.63) is 12.2 Å². The van der Waals surface area contributed by atoms with Crippen LogP contribution in [0.15, 0.2) is 12.2 Å². The zero-order valence-corrected chi connectivity index (χ0v) is 18.6. The number of rotatable bonds is 2. The Morgan fingerprint density at radius 3 is 2.45 bits per heavy atom. The zero-order valence-electron chi connectivity index (χ0n) is 18.6. The van der Waals surface area contributed by atoms with Crippen LogP contribution in [0.2, 0.25) is 0 Å². The van der Waals surface area contributed by atoms with E-state index in [0.717, 1.165) is 12.8 Å². The predicted molar refractivity (Wildman–Crippen MR) is 107 cm³/mol. The molecule has 174 valence electrons. The Hall–Kier alpha value is -1.03. The van der Waals surface area contributed by atoms with E-state index in [-0.39, 0.29) is 5.41 Å². The van der Waals surface area contributed by atoms with Crippen LogP contribution >= 0.6 is 0 Å². The molecular formula is C23H34O8. The van der Waals surface area contributed by atoms with E-state index in [2.05, 4.69) is 20.4 Å². The van der Waals surface area contributed by atoms with Crippen LogP contribution in [0.5, 0.6) is 0 Å². The van der Waals surface area contributed by atoms with Gasteiger partial charge in [-0.25, -0.2) is 0 Å². The van der Waals surface area contributed by atoms with Gasteiger partial charge in [0, 0.05) is 37.2 Å². The molecule has 6 rings (SSSR count). The van der Waals surface area contributed by atoms with Gasteiger partial charge in [-0.15, -0.1) is 0 Å². The molecule has 4 saturated carbocycles. The summed E-state index contributed by atoms with van der Waals surface area (Å²) in [6.45, 7) is 9.45. The molecule has 0 radical (unpaired) electrons. The average molecular weight is 439 g/mol. The van der Waals surface area contributed by atoms with E-state index < -0.39 is 71.0 Å². The lowest BCUT2D eigenvalue weighted by molar-refractivity contribution is -0.521. The maximum atomic E-state index is 12.1. The third kappa shape index (κ3) is 2.15. The number of esters is 1. The molecule has 8 heteroatoms. The molecule has 31 heavy (non-hydrogen) atoms. The van der Waals surface area contributed by atoms with Crippen molar-refractivity contribution in [3.63, 3.8) is 0 Å². The lowest BCUT2D eigenvalue weighted by atomic mass is 9.35. The topological polar surface area (TPSA) is 126 Å².